The van der Waals surface area contributed by atoms with Gasteiger partial charge >= 0.3 is 0 Å². The molecule has 0 fully saturated rings. The number of nitrogens with zero attached hydrogens (tertiary/aromatic N) is 1. The van der Waals surface area contributed by atoms with E-state index in [-0.39, 0.29) is 0 Å². The van der Waals surface area contributed by atoms with Gasteiger partial charge in [-0.05, 0) is 40.5 Å². The van der Waals surface area contributed by atoms with Crippen molar-refractivity contribution in [1.82, 2.24) is 9.97 Å². The number of anilines is 1. The molecule has 5 nitrogen and oxygen atoms in total. The second-order valence-corrected chi connectivity index (χ2v) is 4.89. The first-order valence-electron chi connectivity index (χ1n) is 5.57. The molecule has 0 bridgehead atoms. The van der Waals surface area contributed by atoms with Gasteiger partial charge in [0.25, 0.3) is 0 Å². The van der Waals surface area contributed by atoms with Gasteiger partial charge in [-0.3, -0.25) is 0 Å². The van der Waals surface area contributed by atoms with Crippen LogP contribution in [0.3, 0.4) is 0 Å². The van der Waals surface area contributed by atoms with E-state index in [1.54, 1.807) is 0 Å². The van der Waals surface area contributed by atoms with Crippen LogP contribution in [0.15, 0.2) is 16.7 Å². The zero-order chi connectivity index (χ0) is 12.7. The highest BCUT2D eigenvalue weighted by Gasteiger charge is 2.18. The average molecular weight is 310 g/mol. The fourth-order valence-electron chi connectivity index (χ4n) is 1.99. The van der Waals surface area contributed by atoms with E-state index in [1.165, 1.54) is 0 Å². The van der Waals surface area contributed by atoms with Crippen LogP contribution in [-0.4, -0.2) is 23.2 Å². The molecule has 2 heterocycles. The van der Waals surface area contributed by atoms with Crippen molar-refractivity contribution in [2.24, 2.45) is 0 Å². The van der Waals surface area contributed by atoms with Crippen molar-refractivity contribution in [3.63, 3.8) is 0 Å². The summed E-state index contributed by atoms with van der Waals surface area (Å²) in [7, 11) is 0. The summed E-state index contributed by atoms with van der Waals surface area (Å²) in [6.07, 6.45) is 0. The molecule has 1 aliphatic rings. The molecule has 1 aromatic heterocycles. The van der Waals surface area contributed by atoms with Gasteiger partial charge in [0.15, 0.2) is 17.4 Å². The summed E-state index contributed by atoms with van der Waals surface area (Å²) in [5, 5.41) is 0. The smallest absolute Gasteiger partial charge is 0.198 e. The number of hydrogen-bond donors (Lipinski definition) is 2. The van der Waals surface area contributed by atoms with Crippen LogP contribution >= 0.6 is 15.9 Å². The summed E-state index contributed by atoms with van der Waals surface area (Å²) in [5.74, 6) is 1.91. The van der Waals surface area contributed by atoms with E-state index in [4.69, 9.17) is 15.2 Å². The van der Waals surface area contributed by atoms with Crippen LogP contribution in [0.25, 0.3) is 11.3 Å². The second kappa shape index (κ2) is 4.20. The molecule has 0 aliphatic carbocycles. The van der Waals surface area contributed by atoms with Crippen LogP contribution in [0.5, 0.6) is 11.5 Å². The van der Waals surface area contributed by atoms with Crippen molar-refractivity contribution >= 4 is 21.9 Å². The highest BCUT2D eigenvalue weighted by atomic mass is 79.9. The Kier molecular flexibility index (Phi) is 2.66. The van der Waals surface area contributed by atoms with E-state index in [9.17, 15) is 0 Å². The lowest BCUT2D eigenvalue weighted by Gasteiger charge is -2.20. The third kappa shape index (κ3) is 1.82. The van der Waals surface area contributed by atoms with Crippen LogP contribution in [0, 0.1) is 6.92 Å². The van der Waals surface area contributed by atoms with Crippen LogP contribution in [0.1, 0.15) is 5.56 Å². The van der Waals surface area contributed by atoms with Crippen molar-refractivity contribution in [2.75, 3.05) is 18.9 Å². The number of rotatable bonds is 1. The number of aryl methyl sites for hydroxylation is 1. The molecule has 3 rings (SSSR count). The summed E-state index contributed by atoms with van der Waals surface area (Å²) in [5.41, 5.74) is 8.46. The van der Waals surface area contributed by atoms with Crippen LogP contribution in [0.2, 0.25) is 0 Å². The number of ether oxygens (including phenoxy) is 2. The van der Waals surface area contributed by atoms with Crippen molar-refractivity contribution < 1.29 is 9.47 Å². The van der Waals surface area contributed by atoms with Crippen LogP contribution in [0.4, 0.5) is 5.95 Å². The molecule has 1 aliphatic heterocycles. The lowest BCUT2D eigenvalue weighted by Crippen LogP contribution is -2.15. The highest BCUT2D eigenvalue weighted by Crippen LogP contribution is 2.38. The van der Waals surface area contributed by atoms with E-state index in [0.29, 0.717) is 19.2 Å². The van der Waals surface area contributed by atoms with Crippen molar-refractivity contribution in [3.8, 4) is 22.8 Å². The molecule has 0 atom stereocenters. The van der Waals surface area contributed by atoms with E-state index >= 15 is 0 Å². The first kappa shape index (κ1) is 11.4. The monoisotopic (exact) mass is 309 g/mol. The molecule has 3 N–H and O–H groups in total. The molecule has 18 heavy (non-hydrogen) atoms. The zero-order valence-electron chi connectivity index (χ0n) is 9.79. The molecular weight excluding hydrogens is 298 g/mol. The van der Waals surface area contributed by atoms with Gasteiger partial charge in [-0.2, -0.15) is 0 Å². The Morgan fingerprint density at radius 2 is 1.94 bits per heavy atom. The number of nitrogen functional groups attached to an aromatic ring is 1. The SMILES string of the molecule is Cc1cc2c(cc1-c1nc(N)[nH]c1Br)OCCO2. The Morgan fingerprint density at radius 1 is 1.28 bits per heavy atom. The molecule has 0 radical (unpaired) electrons. The van der Waals surface area contributed by atoms with E-state index in [1.807, 2.05) is 19.1 Å². The molecule has 0 unspecified atom stereocenters. The Hall–Kier alpha value is -1.69. The third-order valence-electron chi connectivity index (χ3n) is 2.82. The van der Waals surface area contributed by atoms with Crippen molar-refractivity contribution in [3.05, 3.63) is 22.3 Å². The fourth-order valence-corrected chi connectivity index (χ4v) is 2.50. The third-order valence-corrected chi connectivity index (χ3v) is 3.40. The maximum Gasteiger partial charge on any atom is 0.198 e. The Balaban J connectivity index is 2.15. The van der Waals surface area contributed by atoms with E-state index in [0.717, 1.165) is 32.9 Å². The maximum absolute atomic E-state index is 5.65. The molecular formula is C12H12BrN3O2. The summed E-state index contributed by atoms with van der Waals surface area (Å²) >= 11 is 3.41. The van der Waals surface area contributed by atoms with Gasteiger partial charge in [-0.25, -0.2) is 4.98 Å². The molecule has 0 spiro atoms. The summed E-state index contributed by atoms with van der Waals surface area (Å²) in [6, 6.07) is 3.89. The Labute approximate surface area is 112 Å². The molecule has 6 heteroatoms. The molecule has 94 valence electrons. The number of imidazole rings is 1. The molecule has 1 aromatic carbocycles. The van der Waals surface area contributed by atoms with Crippen LogP contribution in [-0.2, 0) is 0 Å². The Bertz CT molecular complexity index is 610. The number of fused-ring (bicyclic) bond motifs is 1. The zero-order valence-corrected chi connectivity index (χ0v) is 11.4. The molecule has 0 saturated carbocycles. The summed E-state index contributed by atoms with van der Waals surface area (Å²) < 4.78 is 11.9. The first-order chi connectivity index (χ1) is 8.65. The van der Waals surface area contributed by atoms with Crippen molar-refractivity contribution in [1.29, 1.82) is 0 Å². The number of halogens is 1. The topological polar surface area (TPSA) is 73.2 Å². The normalized spacial score (nSPS) is 13.7. The summed E-state index contributed by atoms with van der Waals surface area (Å²) in [4.78, 5) is 7.19. The number of hydrogen-bond acceptors (Lipinski definition) is 4. The highest BCUT2D eigenvalue weighted by molar-refractivity contribution is 9.10. The van der Waals surface area contributed by atoms with Gasteiger partial charge < -0.3 is 20.2 Å². The van der Waals surface area contributed by atoms with Gasteiger partial charge in [0.2, 0.25) is 0 Å². The molecule has 2 aromatic rings. The number of nitrogens with two attached hydrogens (primary N) is 1. The fraction of sp³-hybridized carbons (Fsp3) is 0.250. The Morgan fingerprint density at radius 3 is 2.56 bits per heavy atom. The lowest BCUT2D eigenvalue weighted by atomic mass is 10.1. The minimum atomic E-state index is 0.381. The van der Waals surface area contributed by atoms with Crippen molar-refractivity contribution in [2.45, 2.75) is 6.92 Å². The van der Waals surface area contributed by atoms with Gasteiger partial charge in [0.1, 0.15) is 23.5 Å². The molecule has 0 amide bonds. The standard InChI is InChI=1S/C12H12BrN3O2/c1-6-4-8-9(18-3-2-17-8)5-7(6)10-11(13)16-12(14)15-10/h4-5H,2-3H2,1H3,(H3,14,15,16). The van der Waals surface area contributed by atoms with Gasteiger partial charge in [-0.1, -0.05) is 0 Å². The minimum Gasteiger partial charge on any atom is -0.486 e. The average Bonchev–Trinajstić information content (AvgIpc) is 2.67. The van der Waals surface area contributed by atoms with E-state index < -0.39 is 0 Å². The quantitative estimate of drug-likeness (QED) is 0.849. The predicted octanol–water partition coefficient (Wildman–Crippen LogP) is 2.50. The first-order valence-corrected chi connectivity index (χ1v) is 6.36. The largest absolute Gasteiger partial charge is 0.486 e. The number of H-pyrrole nitrogens is 1. The predicted molar refractivity (Wildman–Crippen MR) is 71.9 cm³/mol. The molecule has 0 saturated heterocycles. The van der Waals surface area contributed by atoms with Gasteiger partial charge in [0, 0.05) is 5.56 Å². The minimum absolute atomic E-state index is 0.381. The second-order valence-electron chi connectivity index (χ2n) is 4.10. The van der Waals surface area contributed by atoms with E-state index in [2.05, 4.69) is 25.9 Å². The summed E-state index contributed by atoms with van der Waals surface area (Å²) in [6.45, 7) is 3.16. The maximum atomic E-state index is 5.65. The number of nitrogens with one attached hydrogen (secondary N) is 1. The van der Waals surface area contributed by atoms with Crippen LogP contribution < -0.4 is 15.2 Å². The van der Waals surface area contributed by atoms with Gasteiger partial charge in [0.05, 0.1) is 0 Å². The van der Waals surface area contributed by atoms with Gasteiger partial charge in [-0.15, -0.1) is 0 Å². The number of aromatic nitrogens is 2. The lowest BCUT2D eigenvalue weighted by molar-refractivity contribution is 0.171. The number of aromatic amines is 1. The number of benzene rings is 1.